The van der Waals surface area contributed by atoms with Crippen molar-refractivity contribution < 1.29 is 8.78 Å². The SMILES string of the molecule is O=c1[nH]c2c(-c3ccccc3F)nnn2c2ccc(F)cc12. The Labute approximate surface area is 121 Å². The van der Waals surface area contributed by atoms with E-state index in [0.29, 0.717) is 5.52 Å². The van der Waals surface area contributed by atoms with Crippen LogP contribution >= 0.6 is 0 Å². The topological polar surface area (TPSA) is 63.0 Å². The summed E-state index contributed by atoms with van der Waals surface area (Å²) in [6.07, 6.45) is 0. The molecule has 4 aromatic rings. The van der Waals surface area contributed by atoms with Crippen LogP contribution in [-0.2, 0) is 0 Å². The van der Waals surface area contributed by atoms with Crippen molar-refractivity contribution in [1.82, 2.24) is 19.8 Å². The highest BCUT2D eigenvalue weighted by atomic mass is 19.1. The molecule has 0 bridgehead atoms. The van der Waals surface area contributed by atoms with Crippen LogP contribution in [0.1, 0.15) is 0 Å². The molecule has 0 radical (unpaired) electrons. The Hall–Kier alpha value is -3.09. The number of hydrogen-bond donors (Lipinski definition) is 1. The van der Waals surface area contributed by atoms with E-state index in [9.17, 15) is 13.6 Å². The Morgan fingerprint density at radius 3 is 2.73 bits per heavy atom. The molecule has 1 N–H and O–H groups in total. The van der Waals surface area contributed by atoms with Gasteiger partial charge in [-0.05, 0) is 30.3 Å². The third kappa shape index (κ3) is 1.72. The van der Waals surface area contributed by atoms with Gasteiger partial charge in [0, 0.05) is 5.56 Å². The van der Waals surface area contributed by atoms with Gasteiger partial charge in [-0.3, -0.25) is 4.79 Å². The van der Waals surface area contributed by atoms with Crippen LogP contribution in [0.4, 0.5) is 8.78 Å². The predicted molar refractivity (Wildman–Crippen MR) is 76.5 cm³/mol. The Morgan fingerprint density at radius 1 is 1.09 bits per heavy atom. The molecule has 2 aromatic carbocycles. The quantitative estimate of drug-likeness (QED) is 0.587. The first kappa shape index (κ1) is 12.6. The maximum atomic E-state index is 13.9. The molecular formula is C15H8F2N4O. The van der Waals surface area contributed by atoms with E-state index in [0.717, 1.165) is 6.07 Å². The lowest BCUT2D eigenvalue weighted by molar-refractivity contribution is 0.629. The van der Waals surface area contributed by atoms with Gasteiger partial charge in [0.15, 0.2) is 5.65 Å². The zero-order valence-corrected chi connectivity index (χ0v) is 11.0. The van der Waals surface area contributed by atoms with Gasteiger partial charge in [-0.2, -0.15) is 4.52 Å². The Morgan fingerprint density at radius 2 is 1.91 bits per heavy atom. The van der Waals surface area contributed by atoms with Crippen LogP contribution in [0, 0.1) is 11.6 Å². The van der Waals surface area contributed by atoms with E-state index in [1.54, 1.807) is 18.2 Å². The van der Waals surface area contributed by atoms with E-state index >= 15 is 0 Å². The number of aromatic nitrogens is 4. The fourth-order valence-corrected chi connectivity index (χ4v) is 2.45. The molecule has 0 aliphatic carbocycles. The third-order valence-corrected chi connectivity index (χ3v) is 3.46. The lowest BCUT2D eigenvalue weighted by Gasteiger charge is -2.02. The number of rotatable bonds is 1. The van der Waals surface area contributed by atoms with Gasteiger partial charge < -0.3 is 4.98 Å². The number of nitrogens with zero attached hydrogens (tertiary/aromatic N) is 3. The number of nitrogens with one attached hydrogen (secondary N) is 1. The third-order valence-electron chi connectivity index (χ3n) is 3.46. The summed E-state index contributed by atoms with van der Waals surface area (Å²) in [5, 5.41) is 8.04. The molecule has 0 aliphatic rings. The molecule has 0 saturated carbocycles. The van der Waals surface area contributed by atoms with Gasteiger partial charge in [-0.25, -0.2) is 8.78 Å². The molecule has 7 heteroatoms. The first-order valence-electron chi connectivity index (χ1n) is 6.47. The fraction of sp³-hybridized carbons (Fsp3) is 0. The number of benzene rings is 2. The van der Waals surface area contributed by atoms with Crippen LogP contribution in [0.25, 0.3) is 27.8 Å². The molecule has 0 unspecified atom stereocenters. The number of fused-ring (bicyclic) bond motifs is 3. The highest BCUT2D eigenvalue weighted by Gasteiger charge is 2.16. The van der Waals surface area contributed by atoms with E-state index in [2.05, 4.69) is 15.3 Å². The Bertz CT molecular complexity index is 1080. The molecule has 108 valence electrons. The molecule has 2 aromatic heterocycles. The second-order valence-electron chi connectivity index (χ2n) is 4.79. The predicted octanol–water partition coefficient (Wildman–Crippen LogP) is 2.52. The van der Waals surface area contributed by atoms with E-state index in [1.165, 1.54) is 22.7 Å². The van der Waals surface area contributed by atoms with Gasteiger partial charge in [-0.1, -0.05) is 17.3 Å². The summed E-state index contributed by atoms with van der Waals surface area (Å²) in [5.74, 6) is -0.989. The molecule has 0 aliphatic heterocycles. The highest BCUT2D eigenvalue weighted by molar-refractivity contribution is 5.84. The van der Waals surface area contributed by atoms with E-state index in [1.807, 2.05) is 0 Å². The van der Waals surface area contributed by atoms with Gasteiger partial charge in [0.25, 0.3) is 5.56 Å². The van der Waals surface area contributed by atoms with Crippen LogP contribution in [0.3, 0.4) is 0 Å². The van der Waals surface area contributed by atoms with Gasteiger partial charge >= 0.3 is 0 Å². The average molecular weight is 298 g/mol. The molecule has 22 heavy (non-hydrogen) atoms. The minimum atomic E-state index is -0.521. The van der Waals surface area contributed by atoms with Crippen molar-refractivity contribution in [2.45, 2.75) is 0 Å². The monoisotopic (exact) mass is 298 g/mol. The Balaban J connectivity index is 2.13. The van der Waals surface area contributed by atoms with Crippen molar-refractivity contribution in [3.63, 3.8) is 0 Å². The number of H-pyrrole nitrogens is 1. The minimum Gasteiger partial charge on any atom is -0.304 e. The first-order valence-corrected chi connectivity index (χ1v) is 6.47. The highest BCUT2D eigenvalue weighted by Crippen LogP contribution is 2.24. The second-order valence-corrected chi connectivity index (χ2v) is 4.79. The summed E-state index contributed by atoms with van der Waals surface area (Å²) in [4.78, 5) is 14.7. The molecule has 2 heterocycles. The molecule has 0 saturated heterocycles. The van der Waals surface area contributed by atoms with Gasteiger partial charge in [0.1, 0.15) is 17.3 Å². The lowest BCUT2D eigenvalue weighted by atomic mass is 10.1. The molecule has 0 fully saturated rings. The van der Waals surface area contributed by atoms with Crippen molar-refractivity contribution >= 4 is 16.6 Å². The van der Waals surface area contributed by atoms with E-state index < -0.39 is 17.2 Å². The van der Waals surface area contributed by atoms with Crippen molar-refractivity contribution in [2.75, 3.05) is 0 Å². The molecule has 4 rings (SSSR count). The van der Waals surface area contributed by atoms with Crippen LogP contribution in [0.5, 0.6) is 0 Å². The molecule has 0 atom stereocenters. The van der Waals surface area contributed by atoms with Gasteiger partial charge in [-0.15, -0.1) is 5.10 Å². The largest absolute Gasteiger partial charge is 0.304 e. The number of halogens is 2. The summed E-state index contributed by atoms with van der Waals surface area (Å²) in [6.45, 7) is 0. The van der Waals surface area contributed by atoms with Crippen LogP contribution in [0.2, 0.25) is 0 Å². The summed E-state index contributed by atoms with van der Waals surface area (Å²) in [6, 6.07) is 9.86. The van der Waals surface area contributed by atoms with Gasteiger partial charge in [0.05, 0.1) is 10.9 Å². The van der Waals surface area contributed by atoms with Crippen LogP contribution in [0.15, 0.2) is 47.3 Å². The fourth-order valence-electron chi connectivity index (χ4n) is 2.45. The van der Waals surface area contributed by atoms with E-state index in [4.69, 9.17) is 0 Å². The minimum absolute atomic E-state index is 0.150. The normalized spacial score (nSPS) is 11.4. The number of hydrogen-bond acceptors (Lipinski definition) is 3. The van der Waals surface area contributed by atoms with Crippen LogP contribution < -0.4 is 5.56 Å². The molecule has 5 nitrogen and oxygen atoms in total. The zero-order chi connectivity index (χ0) is 15.3. The lowest BCUT2D eigenvalue weighted by Crippen LogP contribution is -2.10. The Kier molecular flexibility index (Phi) is 2.56. The van der Waals surface area contributed by atoms with Crippen molar-refractivity contribution in [3.05, 3.63) is 64.5 Å². The maximum Gasteiger partial charge on any atom is 0.259 e. The van der Waals surface area contributed by atoms with Crippen LogP contribution in [-0.4, -0.2) is 19.8 Å². The summed E-state index contributed by atoms with van der Waals surface area (Å²) in [7, 11) is 0. The first-order chi connectivity index (χ1) is 10.6. The maximum absolute atomic E-state index is 13.9. The smallest absolute Gasteiger partial charge is 0.259 e. The zero-order valence-electron chi connectivity index (χ0n) is 11.0. The average Bonchev–Trinajstić information content (AvgIpc) is 2.91. The molecule has 0 spiro atoms. The molecular weight excluding hydrogens is 290 g/mol. The summed E-state index contributed by atoms with van der Waals surface area (Å²) >= 11 is 0. The number of aromatic amines is 1. The standard InChI is InChI=1S/C15H8F2N4O/c16-8-5-6-12-10(7-8)15(22)18-14-13(19-20-21(12)14)9-3-1-2-4-11(9)17/h1-7H,(H,18,22). The molecule has 0 amide bonds. The van der Waals surface area contributed by atoms with Crippen molar-refractivity contribution in [1.29, 1.82) is 0 Å². The van der Waals surface area contributed by atoms with Gasteiger partial charge in [0.2, 0.25) is 0 Å². The van der Waals surface area contributed by atoms with Crippen molar-refractivity contribution in [3.8, 4) is 11.3 Å². The van der Waals surface area contributed by atoms with E-state index in [-0.39, 0.29) is 22.3 Å². The summed E-state index contributed by atoms with van der Waals surface area (Å²) in [5.41, 5.74) is 0.627. The second kappa shape index (κ2) is 4.45. The van der Waals surface area contributed by atoms with Crippen molar-refractivity contribution in [2.24, 2.45) is 0 Å². The summed E-state index contributed by atoms with van der Waals surface area (Å²) < 4.78 is 28.6.